The van der Waals surface area contributed by atoms with E-state index in [0.717, 1.165) is 66.5 Å². The summed E-state index contributed by atoms with van der Waals surface area (Å²) in [5, 5.41) is 30.6. The molecule has 0 atom stereocenters. The summed E-state index contributed by atoms with van der Waals surface area (Å²) in [5.74, 6) is 3.20. The van der Waals surface area contributed by atoms with E-state index in [1.807, 2.05) is 60.7 Å². The molecule has 0 aromatic heterocycles. The molecule has 7 rings (SSSR count). The monoisotopic (exact) mass is 1380 g/mol. The van der Waals surface area contributed by atoms with E-state index >= 15 is 0 Å². The molecule has 266 valence electrons. The van der Waals surface area contributed by atoms with Crippen molar-refractivity contribution in [2.24, 2.45) is 0 Å². The van der Waals surface area contributed by atoms with Gasteiger partial charge in [0.25, 0.3) is 0 Å². The number of ether oxygens (including phenoxy) is 3. The third kappa shape index (κ3) is 8.63. The summed E-state index contributed by atoms with van der Waals surface area (Å²) in [7, 11) is -0.861. The number of hydrogen-bond donors (Lipinski definition) is 4. The Kier molecular flexibility index (Phi) is 12.7. The van der Waals surface area contributed by atoms with Crippen LogP contribution in [0.5, 0.6) is 34.5 Å². The highest BCUT2D eigenvalue weighted by atomic mass is 127. The lowest BCUT2D eigenvalue weighted by Gasteiger charge is -2.20. The normalized spacial score (nSPS) is 12.4. The van der Waals surface area contributed by atoms with Crippen LogP contribution in [0.3, 0.4) is 0 Å². The standard InChI is InChI=1S/C39H26I6O6S/c40-29-9-20(10-30(41)37(29)46)17-49-23-1-5-26(6-2-23)52-35-7-3-24(50-18-21-11-31(42)38(47)32(43)12-21)15-27(35)28-16-25(4-8-36(28)52)51-19-22-13-33(44)39(48)34(45)14-22/h1-16,46-48,52H,17-19H2. The maximum atomic E-state index is 10.2. The SMILES string of the molecule is Oc1c(I)cc(COc2ccc([SH]3c4ccc(OCc5cc(I)c(O)c(I)c5)cc4-c4cc(OCc5cc(I)c(O)c(I)c5)ccc43)cc2)cc1I. The Morgan fingerprint density at radius 3 is 1.06 bits per heavy atom. The highest BCUT2D eigenvalue weighted by Crippen LogP contribution is 2.63. The molecule has 6 nitrogen and oxygen atoms in total. The lowest BCUT2D eigenvalue weighted by Crippen LogP contribution is -1.98. The zero-order valence-corrected chi connectivity index (χ0v) is 40.5. The first-order valence-corrected chi connectivity index (χ1v) is 23.3. The molecule has 0 amide bonds. The molecule has 0 saturated heterocycles. The van der Waals surface area contributed by atoms with E-state index in [2.05, 4.69) is 172 Å². The van der Waals surface area contributed by atoms with Crippen LogP contribution in [0.1, 0.15) is 16.7 Å². The smallest absolute Gasteiger partial charge is 0.142 e. The minimum atomic E-state index is -0.861. The molecule has 6 aromatic carbocycles. The summed E-state index contributed by atoms with van der Waals surface area (Å²) >= 11 is 12.9. The Hall–Kier alpha value is -1.15. The summed E-state index contributed by atoms with van der Waals surface area (Å²) in [5.41, 5.74) is 5.20. The van der Waals surface area contributed by atoms with Crippen LogP contribution < -0.4 is 14.2 Å². The third-order valence-corrected chi connectivity index (χ3v) is 15.7. The molecule has 0 bridgehead atoms. The number of aromatic hydroxyl groups is 3. The number of phenols is 3. The highest BCUT2D eigenvalue weighted by molar-refractivity contribution is 14.1. The largest absolute Gasteiger partial charge is 0.506 e. The van der Waals surface area contributed by atoms with E-state index in [1.165, 1.54) is 14.7 Å². The van der Waals surface area contributed by atoms with Crippen molar-refractivity contribution >= 4 is 146 Å². The number of thiol groups is 1. The van der Waals surface area contributed by atoms with Gasteiger partial charge >= 0.3 is 0 Å². The molecule has 0 spiro atoms. The first kappa shape index (κ1) is 39.1. The van der Waals surface area contributed by atoms with Crippen molar-refractivity contribution in [3.05, 3.63) is 135 Å². The lowest BCUT2D eigenvalue weighted by atomic mass is 10.1. The first-order chi connectivity index (χ1) is 24.9. The van der Waals surface area contributed by atoms with Gasteiger partial charge in [-0.05, 0) is 265 Å². The number of halogens is 6. The molecular weight excluding hydrogens is 1360 g/mol. The number of benzene rings is 6. The van der Waals surface area contributed by atoms with Crippen LogP contribution in [0.2, 0.25) is 0 Å². The van der Waals surface area contributed by atoms with Crippen molar-refractivity contribution in [3.8, 4) is 45.6 Å². The topological polar surface area (TPSA) is 88.4 Å². The molecular formula is C39H26I6O6S. The fraction of sp³-hybridized carbons (Fsp3) is 0.0769. The summed E-state index contributed by atoms with van der Waals surface area (Å²) in [6, 6.07) is 32.7. The van der Waals surface area contributed by atoms with Crippen molar-refractivity contribution < 1.29 is 29.5 Å². The zero-order chi connectivity index (χ0) is 36.7. The summed E-state index contributed by atoms with van der Waals surface area (Å²) < 4.78 is 23.6. The molecule has 1 aliphatic heterocycles. The van der Waals surface area contributed by atoms with E-state index in [4.69, 9.17) is 14.2 Å². The van der Waals surface area contributed by atoms with Gasteiger partial charge in [-0.1, -0.05) is 0 Å². The zero-order valence-electron chi connectivity index (χ0n) is 26.6. The minimum absolute atomic E-state index is 0.293. The molecule has 0 saturated carbocycles. The van der Waals surface area contributed by atoms with E-state index in [-0.39, 0.29) is 0 Å². The molecule has 0 radical (unpaired) electrons. The van der Waals surface area contributed by atoms with Gasteiger partial charge in [0.1, 0.15) is 54.3 Å². The molecule has 13 heteroatoms. The van der Waals surface area contributed by atoms with E-state index in [9.17, 15) is 15.3 Å². The lowest BCUT2D eigenvalue weighted by molar-refractivity contribution is 0.305. The van der Waals surface area contributed by atoms with Gasteiger partial charge in [-0.25, -0.2) is 0 Å². The fourth-order valence-corrected chi connectivity index (χ4v) is 14.0. The quantitative estimate of drug-likeness (QED) is 0.0806. The molecule has 0 aliphatic carbocycles. The van der Waals surface area contributed by atoms with Crippen LogP contribution >= 0.6 is 146 Å². The molecule has 0 unspecified atom stereocenters. The third-order valence-electron chi connectivity index (χ3n) is 8.25. The van der Waals surface area contributed by atoms with Crippen molar-refractivity contribution in [1.29, 1.82) is 0 Å². The van der Waals surface area contributed by atoms with Gasteiger partial charge in [0.15, 0.2) is 0 Å². The van der Waals surface area contributed by atoms with Crippen LogP contribution in [0.25, 0.3) is 11.1 Å². The van der Waals surface area contributed by atoms with E-state index in [1.54, 1.807) is 0 Å². The number of rotatable bonds is 10. The minimum Gasteiger partial charge on any atom is -0.506 e. The number of hydrogen-bond acceptors (Lipinski definition) is 6. The van der Waals surface area contributed by atoms with Gasteiger partial charge in [-0.3, -0.25) is 0 Å². The first-order valence-electron chi connectivity index (χ1n) is 15.5. The second kappa shape index (κ2) is 16.9. The molecule has 1 aliphatic rings. The highest BCUT2D eigenvalue weighted by Gasteiger charge is 2.28. The van der Waals surface area contributed by atoms with Gasteiger partial charge in [0.05, 0.1) is 21.4 Å². The van der Waals surface area contributed by atoms with Crippen LogP contribution in [0.15, 0.2) is 112 Å². The second-order valence-electron chi connectivity index (χ2n) is 11.8. The maximum absolute atomic E-state index is 10.2. The second-order valence-corrected chi connectivity index (χ2v) is 20.9. The average molecular weight is 1380 g/mol. The molecule has 6 aromatic rings. The van der Waals surface area contributed by atoms with Crippen LogP contribution in [0.4, 0.5) is 0 Å². The Labute approximate surface area is 385 Å². The molecule has 1 heterocycles. The van der Waals surface area contributed by atoms with Gasteiger partial charge in [-0.2, -0.15) is 10.9 Å². The molecule has 52 heavy (non-hydrogen) atoms. The van der Waals surface area contributed by atoms with Crippen molar-refractivity contribution in [2.75, 3.05) is 0 Å². The predicted molar refractivity (Wildman–Crippen MR) is 256 cm³/mol. The van der Waals surface area contributed by atoms with Crippen LogP contribution in [-0.2, 0) is 19.8 Å². The Morgan fingerprint density at radius 1 is 0.404 bits per heavy atom. The maximum Gasteiger partial charge on any atom is 0.142 e. The average Bonchev–Trinajstić information content (AvgIpc) is 3.45. The van der Waals surface area contributed by atoms with Gasteiger partial charge < -0.3 is 29.5 Å². The van der Waals surface area contributed by atoms with Crippen molar-refractivity contribution in [3.63, 3.8) is 0 Å². The summed E-state index contributed by atoms with van der Waals surface area (Å²) in [6.07, 6.45) is 0. The Morgan fingerprint density at radius 2 is 0.712 bits per heavy atom. The van der Waals surface area contributed by atoms with E-state index in [0.29, 0.717) is 37.1 Å². The van der Waals surface area contributed by atoms with E-state index < -0.39 is 10.9 Å². The van der Waals surface area contributed by atoms with Crippen LogP contribution in [-0.4, -0.2) is 15.3 Å². The number of phenolic OH excluding ortho intramolecular Hbond substituents is 3. The Bertz CT molecular complexity index is 2150. The predicted octanol–water partition coefficient (Wildman–Crippen LogP) is 12.6. The van der Waals surface area contributed by atoms with Gasteiger partial charge in [-0.15, -0.1) is 0 Å². The van der Waals surface area contributed by atoms with Gasteiger partial charge in [0.2, 0.25) is 0 Å². The van der Waals surface area contributed by atoms with Crippen molar-refractivity contribution in [2.45, 2.75) is 34.5 Å². The summed E-state index contributed by atoms with van der Waals surface area (Å²) in [4.78, 5) is 3.69. The van der Waals surface area contributed by atoms with Gasteiger partial charge in [0, 0.05) is 9.79 Å². The molecule has 3 N–H and O–H groups in total. The van der Waals surface area contributed by atoms with Crippen molar-refractivity contribution in [1.82, 2.24) is 0 Å². The molecule has 0 fully saturated rings. The van der Waals surface area contributed by atoms with Crippen LogP contribution in [0, 0.1) is 21.4 Å². The number of fused-ring (bicyclic) bond motifs is 3. The summed E-state index contributed by atoms with van der Waals surface area (Å²) in [6.45, 7) is 1.16. The Balaban J connectivity index is 1.17. The fourth-order valence-electron chi connectivity index (χ4n) is 5.73.